The van der Waals surface area contributed by atoms with Crippen LogP contribution in [0.3, 0.4) is 0 Å². The van der Waals surface area contributed by atoms with E-state index in [1.54, 1.807) is 6.21 Å². The lowest BCUT2D eigenvalue weighted by molar-refractivity contribution is -0.123. The Morgan fingerprint density at radius 2 is 2.22 bits per heavy atom. The molecule has 1 heterocycles. The third kappa shape index (κ3) is 3.01. The number of rotatable bonds is 6. The minimum absolute atomic E-state index is 0.0613. The van der Waals surface area contributed by atoms with Gasteiger partial charge in [-0.15, -0.1) is 0 Å². The van der Waals surface area contributed by atoms with E-state index in [1.165, 1.54) is 25.7 Å². The zero-order valence-electron chi connectivity index (χ0n) is 14.3. The Morgan fingerprint density at radius 3 is 2.87 bits per heavy atom. The van der Waals surface area contributed by atoms with Gasteiger partial charge in [-0.25, -0.2) is 5.43 Å². The smallest absolute Gasteiger partial charge is 0.244 e. The second-order valence-electron chi connectivity index (χ2n) is 6.92. The Kier molecular flexibility index (Phi) is 4.46. The molecule has 0 aromatic carbocycles. The summed E-state index contributed by atoms with van der Waals surface area (Å²) in [5, 5.41) is 4.08. The fraction of sp³-hybridized carbons (Fsp3) is 0.667. The van der Waals surface area contributed by atoms with Crippen molar-refractivity contribution in [3.05, 3.63) is 17.9 Å². The van der Waals surface area contributed by atoms with Crippen molar-refractivity contribution in [2.24, 2.45) is 22.4 Å². The molecule has 2 aliphatic carbocycles. The molecule has 3 atom stereocenters. The molecular weight excluding hydrogens is 290 g/mol. The molecule has 5 heteroatoms. The molecule has 0 aliphatic heterocycles. The number of carbonyl (C=O) groups is 1. The number of hydrogen-bond donors (Lipinski definition) is 1. The topological polar surface area (TPSA) is 57.8 Å². The van der Waals surface area contributed by atoms with E-state index in [0.717, 1.165) is 19.0 Å². The average molecular weight is 317 g/mol. The van der Waals surface area contributed by atoms with Gasteiger partial charge in [-0.1, -0.05) is 19.8 Å². The molecule has 0 unspecified atom stereocenters. The van der Waals surface area contributed by atoms with Crippen molar-refractivity contribution < 1.29 is 9.21 Å². The molecule has 23 heavy (non-hydrogen) atoms. The number of anilines is 1. The van der Waals surface area contributed by atoms with Crippen LogP contribution in [0.1, 0.15) is 52.2 Å². The van der Waals surface area contributed by atoms with Crippen molar-refractivity contribution in [2.45, 2.75) is 46.5 Å². The molecule has 2 aliphatic rings. The van der Waals surface area contributed by atoms with E-state index in [-0.39, 0.29) is 17.2 Å². The van der Waals surface area contributed by atoms with Crippen LogP contribution in [0.15, 0.2) is 21.7 Å². The van der Waals surface area contributed by atoms with Gasteiger partial charge in [0.2, 0.25) is 5.91 Å². The summed E-state index contributed by atoms with van der Waals surface area (Å²) in [5.74, 6) is 2.26. The summed E-state index contributed by atoms with van der Waals surface area (Å²) in [6.45, 7) is 8.23. The van der Waals surface area contributed by atoms with Crippen LogP contribution in [0.5, 0.6) is 0 Å². The van der Waals surface area contributed by atoms with Gasteiger partial charge >= 0.3 is 0 Å². The number of carbonyl (C=O) groups excluding carboxylic acids is 1. The molecule has 0 spiro atoms. The highest BCUT2D eigenvalue weighted by molar-refractivity contribution is 5.85. The molecule has 2 fully saturated rings. The standard InChI is InChI=1S/C18H27N3O2/c1-4-21(5-2)15-10-9-13(23-15)12-19-20-17(22)16-14-8-6-7-11-18(14,16)3/h9-10,12,14,16H,4-8,11H2,1-3H3,(H,20,22)/b19-12-/t14-,16+,18+/m1/s1. The van der Waals surface area contributed by atoms with Crippen LogP contribution in [-0.2, 0) is 4.79 Å². The normalized spacial score (nSPS) is 29.3. The molecule has 1 amide bonds. The minimum atomic E-state index is 0.0613. The first kappa shape index (κ1) is 16.1. The van der Waals surface area contributed by atoms with Gasteiger partial charge in [-0.2, -0.15) is 5.10 Å². The predicted octanol–water partition coefficient (Wildman–Crippen LogP) is 3.40. The highest BCUT2D eigenvalue weighted by atomic mass is 16.4. The Bertz CT molecular complexity index is 591. The summed E-state index contributed by atoms with van der Waals surface area (Å²) in [6.07, 6.45) is 6.45. The molecule has 0 saturated heterocycles. The maximum atomic E-state index is 12.3. The van der Waals surface area contributed by atoms with Crippen LogP contribution in [0.2, 0.25) is 0 Å². The Balaban J connectivity index is 1.54. The lowest BCUT2D eigenvalue weighted by atomic mass is 9.90. The third-order valence-electron chi connectivity index (χ3n) is 5.67. The van der Waals surface area contributed by atoms with E-state index in [0.29, 0.717) is 11.7 Å². The molecule has 2 saturated carbocycles. The van der Waals surface area contributed by atoms with Crippen molar-refractivity contribution in [1.82, 2.24) is 5.43 Å². The lowest BCUT2D eigenvalue weighted by Crippen LogP contribution is -2.22. The molecule has 1 aromatic heterocycles. The highest BCUT2D eigenvalue weighted by Crippen LogP contribution is 2.66. The van der Waals surface area contributed by atoms with Crippen LogP contribution in [0.4, 0.5) is 5.88 Å². The van der Waals surface area contributed by atoms with E-state index in [4.69, 9.17) is 4.42 Å². The largest absolute Gasteiger partial charge is 0.440 e. The molecule has 1 aromatic rings. The summed E-state index contributed by atoms with van der Waals surface area (Å²) >= 11 is 0. The number of nitrogens with one attached hydrogen (secondary N) is 1. The van der Waals surface area contributed by atoms with E-state index in [9.17, 15) is 4.79 Å². The van der Waals surface area contributed by atoms with Crippen molar-refractivity contribution >= 4 is 18.0 Å². The van der Waals surface area contributed by atoms with Gasteiger partial charge in [-0.05, 0) is 44.1 Å². The fourth-order valence-corrected chi connectivity index (χ4v) is 4.20. The van der Waals surface area contributed by atoms with Gasteiger partial charge in [0.15, 0.2) is 5.88 Å². The summed E-state index contributed by atoms with van der Waals surface area (Å²) in [7, 11) is 0. The molecule has 1 N–H and O–H groups in total. The van der Waals surface area contributed by atoms with Crippen LogP contribution in [-0.4, -0.2) is 25.2 Å². The third-order valence-corrected chi connectivity index (χ3v) is 5.67. The summed E-state index contributed by atoms with van der Waals surface area (Å²) < 4.78 is 5.73. The number of amides is 1. The summed E-state index contributed by atoms with van der Waals surface area (Å²) in [5.41, 5.74) is 2.92. The summed E-state index contributed by atoms with van der Waals surface area (Å²) in [4.78, 5) is 14.4. The Labute approximate surface area is 138 Å². The lowest BCUT2D eigenvalue weighted by Gasteiger charge is -2.16. The molecular formula is C18H27N3O2. The first-order valence-electron chi connectivity index (χ1n) is 8.77. The van der Waals surface area contributed by atoms with E-state index >= 15 is 0 Å². The zero-order chi connectivity index (χ0) is 16.4. The number of hydrazone groups is 1. The van der Waals surface area contributed by atoms with Crippen molar-refractivity contribution in [2.75, 3.05) is 18.0 Å². The van der Waals surface area contributed by atoms with Crippen LogP contribution in [0, 0.1) is 17.3 Å². The quantitative estimate of drug-likeness (QED) is 0.646. The monoisotopic (exact) mass is 317 g/mol. The highest BCUT2D eigenvalue weighted by Gasteiger charge is 2.64. The number of nitrogens with zero attached hydrogens (tertiary/aromatic N) is 2. The maximum absolute atomic E-state index is 12.3. The molecule has 3 rings (SSSR count). The zero-order valence-corrected chi connectivity index (χ0v) is 14.3. The number of furan rings is 1. The second-order valence-corrected chi connectivity index (χ2v) is 6.92. The first-order chi connectivity index (χ1) is 11.1. The van der Waals surface area contributed by atoms with E-state index < -0.39 is 0 Å². The molecule has 0 bridgehead atoms. The maximum Gasteiger partial charge on any atom is 0.244 e. The second kappa shape index (κ2) is 6.38. The van der Waals surface area contributed by atoms with Crippen LogP contribution >= 0.6 is 0 Å². The van der Waals surface area contributed by atoms with E-state index in [2.05, 4.69) is 36.2 Å². The number of hydrogen-bond acceptors (Lipinski definition) is 4. The fourth-order valence-electron chi connectivity index (χ4n) is 4.20. The molecule has 126 valence electrons. The minimum Gasteiger partial charge on any atom is -0.440 e. The first-order valence-corrected chi connectivity index (χ1v) is 8.77. The molecule has 5 nitrogen and oxygen atoms in total. The van der Waals surface area contributed by atoms with Crippen molar-refractivity contribution in [3.8, 4) is 0 Å². The van der Waals surface area contributed by atoms with Gasteiger partial charge in [0.05, 0.1) is 6.21 Å². The predicted molar refractivity (Wildman–Crippen MR) is 91.6 cm³/mol. The van der Waals surface area contributed by atoms with Crippen molar-refractivity contribution in [3.63, 3.8) is 0 Å². The summed E-state index contributed by atoms with van der Waals surface area (Å²) in [6, 6.07) is 3.81. The van der Waals surface area contributed by atoms with Gasteiger partial charge in [-0.3, -0.25) is 4.79 Å². The van der Waals surface area contributed by atoms with Crippen LogP contribution in [0.25, 0.3) is 0 Å². The Hall–Kier alpha value is -1.78. The molecule has 0 radical (unpaired) electrons. The van der Waals surface area contributed by atoms with Gasteiger partial charge in [0.25, 0.3) is 0 Å². The average Bonchev–Trinajstić information content (AvgIpc) is 2.91. The number of fused-ring (bicyclic) bond motifs is 1. The van der Waals surface area contributed by atoms with Gasteiger partial charge in [0.1, 0.15) is 5.76 Å². The van der Waals surface area contributed by atoms with Gasteiger partial charge in [0, 0.05) is 25.1 Å². The van der Waals surface area contributed by atoms with E-state index in [1.807, 2.05) is 12.1 Å². The Morgan fingerprint density at radius 1 is 1.43 bits per heavy atom. The van der Waals surface area contributed by atoms with Crippen LogP contribution < -0.4 is 10.3 Å². The van der Waals surface area contributed by atoms with Crippen molar-refractivity contribution in [1.29, 1.82) is 0 Å². The van der Waals surface area contributed by atoms with Gasteiger partial charge < -0.3 is 9.32 Å². The SMILES string of the molecule is CCN(CC)c1ccc(/C=N\NC(=O)[C@@H]2[C@H]3CCCC[C@@]32C)o1.